The van der Waals surface area contributed by atoms with Crippen molar-refractivity contribution in [1.29, 1.82) is 0 Å². The highest BCUT2D eigenvalue weighted by Crippen LogP contribution is 2.32. The van der Waals surface area contributed by atoms with Gasteiger partial charge in [-0.2, -0.15) is 18.3 Å². The summed E-state index contributed by atoms with van der Waals surface area (Å²) in [5, 5.41) is 6.79. The van der Waals surface area contributed by atoms with Crippen LogP contribution >= 0.6 is 0 Å². The first-order valence-corrected chi connectivity index (χ1v) is 10.4. The van der Waals surface area contributed by atoms with Crippen molar-refractivity contribution < 1.29 is 18.0 Å². The normalized spacial score (nSPS) is 11.3. The number of carbonyl (C=O) groups is 1. The highest BCUT2D eigenvalue weighted by molar-refractivity contribution is 5.76. The van der Waals surface area contributed by atoms with Gasteiger partial charge in [-0.05, 0) is 43.3 Å². The topological polar surface area (TPSA) is 78.2 Å². The molecule has 4 aromatic rings. The molecule has 2 aromatic heterocycles. The van der Waals surface area contributed by atoms with E-state index in [1.54, 1.807) is 37.3 Å². The van der Waals surface area contributed by atoms with E-state index >= 15 is 0 Å². The Morgan fingerprint density at radius 3 is 2.46 bits per heavy atom. The average molecular weight is 480 g/mol. The van der Waals surface area contributed by atoms with Crippen molar-refractivity contribution in [1.82, 2.24) is 24.2 Å². The number of nitrogens with zero attached hydrogens (tertiary/aromatic N) is 5. The Bertz CT molecular complexity index is 1500. The SMILES string of the molecule is [C-]#[N+]c1ccc(-n2nccc2-c2c(C)n(-c3cccc(C(F)(F)F)c3)c(=O)n2CC(=O)NC)cc1. The minimum absolute atomic E-state index is 0.0201. The van der Waals surface area contributed by atoms with Gasteiger partial charge >= 0.3 is 11.9 Å². The third-order valence-corrected chi connectivity index (χ3v) is 5.49. The lowest BCUT2D eigenvalue weighted by molar-refractivity contribution is -0.137. The van der Waals surface area contributed by atoms with Gasteiger partial charge in [0.15, 0.2) is 5.69 Å². The largest absolute Gasteiger partial charge is 0.416 e. The Hall–Kier alpha value is -4.59. The number of carbonyl (C=O) groups excluding carboxylic acids is 1. The smallest absolute Gasteiger partial charge is 0.358 e. The summed E-state index contributed by atoms with van der Waals surface area (Å²) in [6.07, 6.45) is -3.08. The number of imidazole rings is 1. The van der Waals surface area contributed by atoms with Crippen LogP contribution in [0.3, 0.4) is 0 Å². The second kappa shape index (κ2) is 8.98. The fraction of sp³-hybridized carbons (Fsp3) is 0.167. The lowest BCUT2D eigenvalue weighted by Gasteiger charge is -2.12. The molecule has 11 heteroatoms. The Labute approximate surface area is 197 Å². The third-order valence-electron chi connectivity index (χ3n) is 5.49. The van der Waals surface area contributed by atoms with E-state index in [0.717, 1.165) is 16.7 Å². The molecule has 0 fully saturated rings. The van der Waals surface area contributed by atoms with Crippen molar-refractivity contribution in [2.45, 2.75) is 19.6 Å². The number of rotatable bonds is 5. The molecule has 0 bridgehead atoms. The molecule has 0 radical (unpaired) electrons. The van der Waals surface area contributed by atoms with Crippen LogP contribution in [-0.4, -0.2) is 31.9 Å². The van der Waals surface area contributed by atoms with Crippen LogP contribution < -0.4 is 11.0 Å². The Balaban J connectivity index is 1.96. The minimum atomic E-state index is -4.59. The number of likely N-dealkylation sites (N-methyl/N-ethyl adjacent to an activating group) is 1. The first-order valence-electron chi connectivity index (χ1n) is 10.4. The van der Waals surface area contributed by atoms with E-state index in [1.165, 1.54) is 34.6 Å². The first-order chi connectivity index (χ1) is 16.7. The van der Waals surface area contributed by atoms with Gasteiger partial charge in [0.05, 0.1) is 46.8 Å². The summed E-state index contributed by atoms with van der Waals surface area (Å²) < 4.78 is 43.9. The van der Waals surface area contributed by atoms with E-state index in [0.29, 0.717) is 28.5 Å². The monoisotopic (exact) mass is 480 g/mol. The summed E-state index contributed by atoms with van der Waals surface area (Å²) in [5.74, 6) is -0.456. The molecule has 0 aliphatic heterocycles. The fourth-order valence-corrected chi connectivity index (χ4v) is 3.84. The molecule has 0 atom stereocenters. The average Bonchev–Trinajstić information content (AvgIpc) is 3.41. The predicted octanol–water partition coefficient (Wildman–Crippen LogP) is 4.12. The van der Waals surface area contributed by atoms with Gasteiger partial charge in [0.2, 0.25) is 5.91 Å². The maximum Gasteiger partial charge on any atom is 0.416 e. The number of benzene rings is 2. The quantitative estimate of drug-likeness (QED) is 0.437. The maximum absolute atomic E-state index is 13.5. The number of amides is 1. The molecule has 0 spiro atoms. The zero-order valence-electron chi connectivity index (χ0n) is 18.7. The standard InChI is InChI=1S/C24H19F3N6O2/c1-15-22(20-11-12-30-33(20)18-9-7-17(28-2)8-10-18)31(14-21(34)29-3)23(35)32(15)19-6-4-5-16(13-19)24(25,26)27/h4-13H,14H2,1,3H3,(H,29,34). The van der Waals surface area contributed by atoms with Gasteiger partial charge in [-0.1, -0.05) is 18.2 Å². The van der Waals surface area contributed by atoms with Crippen molar-refractivity contribution in [2.75, 3.05) is 7.05 Å². The summed E-state index contributed by atoms with van der Waals surface area (Å²) in [6.45, 7) is 8.37. The predicted molar refractivity (Wildman–Crippen MR) is 123 cm³/mol. The van der Waals surface area contributed by atoms with Crippen molar-refractivity contribution in [3.8, 4) is 22.8 Å². The van der Waals surface area contributed by atoms with Crippen LogP contribution in [0.15, 0.2) is 65.6 Å². The zero-order valence-corrected chi connectivity index (χ0v) is 18.7. The molecule has 2 aromatic carbocycles. The molecule has 35 heavy (non-hydrogen) atoms. The second-order valence-electron chi connectivity index (χ2n) is 7.62. The molecule has 8 nitrogen and oxygen atoms in total. The van der Waals surface area contributed by atoms with Gasteiger partial charge in [0, 0.05) is 7.05 Å². The highest BCUT2D eigenvalue weighted by Gasteiger charge is 2.31. The number of halogens is 3. The van der Waals surface area contributed by atoms with Crippen LogP contribution in [-0.2, 0) is 17.5 Å². The summed E-state index contributed by atoms with van der Waals surface area (Å²) >= 11 is 0. The van der Waals surface area contributed by atoms with Crippen LogP contribution in [0.25, 0.3) is 27.6 Å². The molecule has 0 aliphatic carbocycles. The van der Waals surface area contributed by atoms with E-state index in [9.17, 15) is 22.8 Å². The molecule has 1 N–H and O–H groups in total. The summed E-state index contributed by atoms with van der Waals surface area (Å²) in [4.78, 5) is 29.1. The molecule has 0 aliphatic rings. The summed E-state index contributed by atoms with van der Waals surface area (Å²) in [6, 6.07) is 12.7. The van der Waals surface area contributed by atoms with Crippen molar-refractivity contribution in [2.24, 2.45) is 0 Å². The number of aromatic nitrogens is 4. The Morgan fingerprint density at radius 2 is 1.83 bits per heavy atom. The van der Waals surface area contributed by atoms with Crippen LogP contribution in [0.2, 0.25) is 0 Å². The summed E-state index contributed by atoms with van der Waals surface area (Å²) in [5.41, 5.74) is 0.591. The van der Waals surface area contributed by atoms with E-state index in [-0.39, 0.29) is 12.2 Å². The molecule has 1 amide bonds. The van der Waals surface area contributed by atoms with E-state index in [1.807, 2.05) is 0 Å². The lowest BCUT2D eigenvalue weighted by Crippen LogP contribution is -2.31. The van der Waals surface area contributed by atoms with Crippen LogP contribution in [0.4, 0.5) is 18.9 Å². The molecule has 2 heterocycles. The van der Waals surface area contributed by atoms with E-state index < -0.39 is 23.3 Å². The first kappa shape index (κ1) is 23.6. The van der Waals surface area contributed by atoms with Crippen molar-refractivity contribution in [3.63, 3.8) is 0 Å². The van der Waals surface area contributed by atoms with Crippen LogP contribution in [0.1, 0.15) is 11.3 Å². The fourth-order valence-electron chi connectivity index (χ4n) is 3.84. The molecule has 178 valence electrons. The molecule has 0 unspecified atom stereocenters. The zero-order chi connectivity index (χ0) is 25.3. The number of hydrogen-bond donors (Lipinski definition) is 1. The second-order valence-corrected chi connectivity index (χ2v) is 7.62. The van der Waals surface area contributed by atoms with Crippen molar-refractivity contribution in [3.05, 3.63) is 94.0 Å². The molecular formula is C24H19F3N6O2. The number of nitrogens with one attached hydrogen (secondary N) is 1. The molecule has 0 saturated carbocycles. The Kier molecular flexibility index (Phi) is 6.05. The van der Waals surface area contributed by atoms with Gasteiger partial charge in [-0.3, -0.25) is 13.9 Å². The van der Waals surface area contributed by atoms with Gasteiger partial charge < -0.3 is 5.32 Å². The maximum atomic E-state index is 13.5. The molecular weight excluding hydrogens is 461 g/mol. The third kappa shape index (κ3) is 4.33. The minimum Gasteiger partial charge on any atom is -0.358 e. The highest BCUT2D eigenvalue weighted by atomic mass is 19.4. The number of alkyl halides is 3. The van der Waals surface area contributed by atoms with E-state index in [4.69, 9.17) is 6.57 Å². The van der Waals surface area contributed by atoms with Crippen LogP contribution in [0.5, 0.6) is 0 Å². The van der Waals surface area contributed by atoms with E-state index in [2.05, 4.69) is 15.3 Å². The van der Waals surface area contributed by atoms with Crippen molar-refractivity contribution >= 4 is 11.6 Å². The van der Waals surface area contributed by atoms with Gasteiger partial charge in [-0.25, -0.2) is 14.3 Å². The molecule has 0 saturated heterocycles. The van der Waals surface area contributed by atoms with Gasteiger partial charge in [0.25, 0.3) is 0 Å². The van der Waals surface area contributed by atoms with Crippen LogP contribution in [0, 0.1) is 13.5 Å². The van der Waals surface area contributed by atoms with Gasteiger partial charge in [-0.15, -0.1) is 0 Å². The Morgan fingerprint density at radius 1 is 1.11 bits per heavy atom. The number of hydrogen-bond acceptors (Lipinski definition) is 3. The van der Waals surface area contributed by atoms with Gasteiger partial charge in [0.1, 0.15) is 6.54 Å². The lowest BCUT2D eigenvalue weighted by atomic mass is 10.2. The summed E-state index contributed by atoms with van der Waals surface area (Å²) in [7, 11) is 1.42. The molecule has 4 rings (SSSR count).